The smallest absolute Gasteiger partial charge is 0.000820 e. The maximum Gasteiger partial charge on any atom is -0.000820 e. The van der Waals surface area contributed by atoms with Crippen LogP contribution in [0.5, 0.6) is 0 Å². The highest BCUT2D eigenvalue weighted by Gasteiger charge is 2.61. The van der Waals surface area contributed by atoms with Crippen LogP contribution in [0.25, 0.3) is 0 Å². The lowest BCUT2D eigenvalue weighted by Gasteiger charge is -2.34. The maximum absolute atomic E-state index is 2.68. The quantitative estimate of drug-likeness (QED) is 0.234. The minimum atomic E-state index is 0.411. The van der Waals surface area contributed by atoms with Crippen LogP contribution in [0.2, 0.25) is 0 Å². The van der Waals surface area contributed by atoms with E-state index in [4.69, 9.17) is 0 Å². The molecule has 0 nitrogen and oxygen atoms in total. The van der Waals surface area contributed by atoms with Crippen molar-refractivity contribution in [2.45, 2.75) is 121 Å². The lowest BCUT2D eigenvalue weighted by atomic mass is 9.71. The summed E-state index contributed by atoms with van der Waals surface area (Å²) in [6, 6.07) is 0. The van der Waals surface area contributed by atoms with Crippen LogP contribution >= 0.6 is 0 Å². The van der Waals surface area contributed by atoms with Crippen molar-refractivity contribution < 1.29 is 0 Å². The van der Waals surface area contributed by atoms with Crippen LogP contribution in [0, 0.1) is 46.3 Å². The van der Waals surface area contributed by atoms with Gasteiger partial charge >= 0.3 is 0 Å². The lowest BCUT2D eigenvalue weighted by molar-refractivity contribution is 0.181. The number of rotatable bonds is 10. The molecule has 2 aliphatic carbocycles. The van der Waals surface area contributed by atoms with Gasteiger partial charge in [-0.25, -0.2) is 0 Å². The molecular formula is C32H56. The molecule has 0 heteroatoms. The van der Waals surface area contributed by atoms with Crippen molar-refractivity contribution in [3.05, 3.63) is 34.9 Å². The highest BCUT2D eigenvalue weighted by atomic mass is 14.7. The Morgan fingerprint density at radius 1 is 1.03 bits per heavy atom. The van der Waals surface area contributed by atoms with Crippen LogP contribution in [-0.2, 0) is 0 Å². The highest BCUT2D eigenvalue weighted by Crippen LogP contribution is 2.68. The molecule has 184 valence electrons. The zero-order valence-corrected chi connectivity index (χ0v) is 23.6. The molecule has 0 bridgehead atoms. The Morgan fingerprint density at radius 3 is 2.25 bits per heavy atom. The van der Waals surface area contributed by atoms with Crippen molar-refractivity contribution in [3.8, 4) is 0 Å². The number of hydrogen-bond acceptors (Lipinski definition) is 0. The predicted octanol–water partition coefficient (Wildman–Crippen LogP) is 10.4. The van der Waals surface area contributed by atoms with Crippen LogP contribution in [-0.4, -0.2) is 0 Å². The number of fused-ring (bicyclic) bond motifs is 1. The summed E-state index contributed by atoms with van der Waals surface area (Å²) in [7, 11) is 0. The van der Waals surface area contributed by atoms with E-state index in [1.165, 1.54) is 50.5 Å². The summed E-state index contributed by atoms with van der Waals surface area (Å²) in [5, 5.41) is 0. The fourth-order valence-electron chi connectivity index (χ4n) is 6.72. The Hall–Kier alpha value is -0.780. The fourth-order valence-corrected chi connectivity index (χ4v) is 6.72. The maximum atomic E-state index is 2.68. The first kappa shape index (κ1) is 27.5. The van der Waals surface area contributed by atoms with Crippen molar-refractivity contribution in [1.29, 1.82) is 0 Å². The second kappa shape index (κ2) is 11.1. The molecule has 2 fully saturated rings. The van der Waals surface area contributed by atoms with Gasteiger partial charge in [0.05, 0.1) is 0 Å². The summed E-state index contributed by atoms with van der Waals surface area (Å²) >= 11 is 0. The summed E-state index contributed by atoms with van der Waals surface area (Å²) in [4.78, 5) is 0. The van der Waals surface area contributed by atoms with E-state index in [0.717, 1.165) is 17.8 Å². The first-order valence-electron chi connectivity index (χ1n) is 14.0. The van der Waals surface area contributed by atoms with Crippen LogP contribution < -0.4 is 0 Å². The van der Waals surface area contributed by atoms with E-state index in [2.05, 4.69) is 94.4 Å². The Bertz CT molecular complexity index is 700. The molecule has 6 unspecified atom stereocenters. The molecule has 2 rings (SSSR count). The molecule has 0 saturated heterocycles. The first-order chi connectivity index (χ1) is 14.9. The molecule has 0 aromatic carbocycles. The topological polar surface area (TPSA) is 0 Å². The van der Waals surface area contributed by atoms with E-state index < -0.39 is 0 Å². The van der Waals surface area contributed by atoms with Crippen LogP contribution in [0.3, 0.4) is 0 Å². The van der Waals surface area contributed by atoms with Gasteiger partial charge in [-0.2, -0.15) is 0 Å². The van der Waals surface area contributed by atoms with Gasteiger partial charge in [0.15, 0.2) is 0 Å². The standard InChI is InChI=1S/C32H56/c1-12-23(5)29(21-28(22(3)4)20-25(7)31(10,11)13-2)24(6)19-26(8)32-18-16-14-15-17-30(32)27(32)9/h12,19,21-22,24-25,27-28,30H,13-18,20H2,1-11H3. The Kier molecular flexibility index (Phi) is 9.52. The van der Waals surface area contributed by atoms with Gasteiger partial charge in [0.1, 0.15) is 0 Å². The Labute approximate surface area is 202 Å². The fraction of sp³-hybridized carbons (Fsp3) is 0.812. The highest BCUT2D eigenvalue weighted by molar-refractivity contribution is 5.37. The molecule has 0 amide bonds. The average Bonchev–Trinajstić information content (AvgIpc) is 3.39. The van der Waals surface area contributed by atoms with Gasteiger partial charge < -0.3 is 0 Å². The summed E-state index contributed by atoms with van der Waals surface area (Å²) in [6.07, 6.45) is 17.4. The molecule has 2 saturated carbocycles. The van der Waals surface area contributed by atoms with Crippen molar-refractivity contribution in [2.75, 3.05) is 0 Å². The Morgan fingerprint density at radius 2 is 1.69 bits per heavy atom. The van der Waals surface area contributed by atoms with Gasteiger partial charge in [-0.3, -0.25) is 0 Å². The SMILES string of the molecule is CC=C(C)C(=CC(CC(C)C(C)(C)CC)C(C)C)C(C)C=C(C)C12CCCCCC1C2C. The second-order valence-corrected chi connectivity index (χ2v) is 12.7. The molecule has 32 heavy (non-hydrogen) atoms. The minimum absolute atomic E-state index is 0.411. The molecule has 2 aliphatic rings. The number of allylic oxidation sites excluding steroid dienone is 6. The summed E-state index contributed by atoms with van der Waals surface area (Å²) < 4.78 is 0. The largest absolute Gasteiger partial charge is 0.0844 e. The van der Waals surface area contributed by atoms with E-state index in [1.54, 1.807) is 11.1 Å². The monoisotopic (exact) mass is 440 g/mol. The molecule has 0 aliphatic heterocycles. The Balaban J connectivity index is 2.33. The molecular weight excluding hydrogens is 384 g/mol. The van der Waals surface area contributed by atoms with E-state index in [0.29, 0.717) is 28.6 Å². The van der Waals surface area contributed by atoms with E-state index in [1.807, 2.05) is 0 Å². The third-order valence-electron chi connectivity index (χ3n) is 10.3. The van der Waals surface area contributed by atoms with Crippen LogP contribution in [0.15, 0.2) is 34.9 Å². The van der Waals surface area contributed by atoms with Crippen LogP contribution in [0.4, 0.5) is 0 Å². The van der Waals surface area contributed by atoms with Crippen molar-refractivity contribution in [2.24, 2.45) is 46.3 Å². The van der Waals surface area contributed by atoms with Gasteiger partial charge in [0, 0.05) is 0 Å². The zero-order valence-electron chi connectivity index (χ0n) is 23.6. The van der Waals surface area contributed by atoms with Crippen LogP contribution in [0.1, 0.15) is 121 Å². The zero-order chi connectivity index (χ0) is 24.3. The van der Waals surface area contributed by atoms with Gasteiger partial charge in [0.25, 0.3) is 0 Å². The van der Waals surface area contributed by atoms with Gasteiger partial charge in [-0.05, 0) is 91.9 Å². The summed E-state index contributed by atoms with van der Waals surface area (Å²) in [5.74, 6) is 4.38. The average molecular weight is 441 g/mol. The molecule has 6 atom stereocenters. The molecule has 0 aromatic rings. The molecule has 0 N–H and O–H groups in total. The third-order valence-corrected chi connectivity index (χ3v) is 10.3. The van der Waals surface area contributed by atoms with E-state index >= 15 is 0 Å². The molecule has 0 spiro atoms. The van der Waals surface area contributed by atoms with Crippen molar-refractivity contribution in [1.82, 2.24) is 0 Å². The van der Waals surface area contributed by atoms with Gasteiger partial charge in [-0.1, -0.05) is 110 Å². The molecule has 0 aromatic heterocycles. The molecule has 0 heterocycles. The molecule has 0 radical (unpaired) electrons. The first-order valence-corrected chi connectivity index (χ1v) is 14.0. The van der Waals surface area contributed by atoms with Gasteiger partial charge in [0.2, 0.25) is 0 Å². The predicted molar refractivity (Wildman–Crippen MR) is 145 cm³/mol. The summed E-state index contributed by atoms with van der Waals surface area (Å²) in [6.45, 7) is 26.5. The van der Waals surface area contributed by atoms with E-state index in [-0.39, 0.29) is 0 Å². The van der Waals surface area contributed by atoms with Crippen molar-refractivity contribution in [3.63, 3.8) is 0 Å². The van der Waals surface area contributed by atoms with Gasteiger partial charge in [-0.15, -0.1) is 0 Å². The normalized spacial score (nSPS) is 30.6. The second-order valence-electron chi connectivity index (χ2n) is 12.7. The summed E-state index contributed by atoms with van der Waals surface area (Å²) in [5.41, 5.74) is 5.67. The van der Waals surface area contributed by atoms with E-state index in [9.17, 15) is 0 Å². The number of hydrogen-bond donors (Lipinski definition) is 0. The lowest BCUT2D eigenvalue weighted by Crippen LogP contribution is -2.24. The third kappa shape index (κ3) is 5.82. The van der Waals surface area contributed by atoms with Crippen molar-refractivity contribution >= 4 is 0 Å². The minimum Gasteiger partial charge on any atom is -0.0844 e.